The number of carbonyl (C=O) groups is 1. The molecule has 0 heterocycles. The lowest BCUT2D eigenvalue weighted by molar-refractivity contribution is -0.118. The van der Waals surface area contributed by atoms with Crippen LogP contribution < -0.4 is 10.1 Å². The molecule has 24 heavy (non-hydrogen) atoms. The number of benzene rings is 2. The highest BCUT2D eigenvalue weighted by atomic mass is 32.2. The number of rotatable bonds is 8. The van der Waals surface area contributed by atoms with E-state index in [1.54, 1.807) is 30.3 Å². The zero-order valence-corrected chi connectivity index (χ0v) is 13.5. The fourth-order valence-corrected chi connectivity index (χ4v) is 2.77. The highest BCUT2D eigenvalue weighted by Crippen LogP contribution is 2.20. The number of alkyl halides is 2. The monoisotopic (exact) mass is 355 g/mol. The zero-order valence-electron chi connectivity index (χ0n) is 12.7. The largest absolute Gasteiger partial charge is 0.434 e. The van der Waals surface area contributed by atoms with Crippen LogP contribution in [0.5, 0.6) is 5.75 Å². The number of halogens is 3. The number of ether oxygens (including phenoxy) is 1. The third-order valence-electron chi connectivity index (χ3n) is 3.08. The molecule has 0 aliphatic carbocycles. The number of nitrogens with one attached hydrogen (secondary N) is 1. The minimum atomic E-state index is -2.91. The maximum atomic E-state index is 12.8. The van der Waals surface area contributed by atoms with E-state index in [9.17, 15) is 18.0 Å². The van der Waals surface area contributed by atoms with Gasteiger partial charge in [-0.3, -0.25) is 4.79 Å². The van der Waals surface area contributed by atoms with Gasteiger partial charge in [0, 0.05) is 17.9 Å². The van der Waals surface area contributed by atoms with Crippen LogP contribution in [0.25, 0.3) is 0 Å². The average molecular weight is 355 g/mol. The molecule has 0 radical (unpaired) electrons. The van der Waals surface area contributed by atoms with E-state index in [4.69, 9.17) is 0 Å². The third kappa shape index (κ3) is 6.16. The zero-order chi connectivity index (χ0) is 17.4. The molecule has 0 aliphatic heterocycles. The van der Waals surface area contributed by atoms with Crippen LogP contribution in [0.4, 0.5) is 13.2 Å². The molecule has 0 unspecified atom stereocenters. The molecule has 0 saturated heterocycles. The summed E-state index contributed by atoms with van der Waals surface area (Å²) in [6.07, 6.45) is 0. The fourth-order valence-electron chi connectivity index (χ4n) is 1.95. The van der Waals surface area contributed by atoms with Crippen molar-refractivity contribution >= 4 is 17.7 Å². The number of carbonyl (C=O) groups excluding carboxylic acids is 1. The summed E-state index contributed by atoms with van der Waals surface area (Å²) in [5.74, 6) is 0.334. The first-order valence-electron chi connectivity index (χ1n) is 7.16. The van der Waals surface area contributed by atoms with Crippen molar-refractivity contribution in [1.29, 1.82) is 0 Å². The quantitative estimate of drug-likeness (QED) is 0.778. The maximum Gasteiger partial charge on any atom is 0.387 e. The summed E-state index contributed by atoms with van der Waals surface area (Å²) < 4.78 is 41.8. The Balaban J connectivity index is 1.76. The Morgan fingerprint density at radius 1 is 1.12 bits per heavy atom. The van der Waals surface area contributed by atoms with Crippen molar-refractivity contribution in [3.05, 3.63) is 65.5 Å². The fraction of sp³-hybridized carbons (Fsp3) is 0.235. The summed E-state index contributed by atoms with van der Waals surface area (Å²) >= 11 is 1.38. The molecule has 0 bridgehead atoms. The van der Waals surface area contributed by atoms with Gasteiger partial charge in [-0.15, -0.1) is 11.8 Å². The van der Waals surface area contributed by atoms with Gasteiger partial charge < -0.3 is 10.1 Å². The first-order chi connectivity index (χ1) is 11.5. The topological polar surface area (TPSA) is 38.3 Å². The second kappa shape index (κ2) is 9.22. The first-order valence-corrected chi connectivity index (χ1v) is 8.31. The molecule has 3 nitrogen and oxygen atoms in total. The first kappa shape index (κ1) is 18.2. The van der Waals surface area contributed by atoms with Gasteiger partial charge in [0.15, 0.2) is 0 Å². The van der Waals surface area contributed by atoms with Crippen molar-refractivity contribution in [3.63, 3.8) is 0 Å². The summed E-state index contributed by atoms with van der Waals surface area (Å²) in [7, 11) is 0. The molecular formula is C17H16F3NO2S. The van der Waals surface area contributed by atoms with E-state index in [0.29, 0.717) is 11.3 Å². The Labute approximate surface area is 142 Å². The molecule has 1 N–H and O–H groups in total. The normalized spacial score (nSPS) is 10.7. The molecule has 1 amide bonds. The van der Waals surface area contributed by atoms with Gasteiger partial charge in [-0.05, 0) is 23.8 Å². The SMILES string of the molecule is O=C(CSCc1ccc(F)cc1)NCc1ccccc1OC(F)F. The lowest BCUT2D eigenvalue weighted by Crippen LogP contribution is -2.25. The number of hydrogen-bond acceptors (Lipinski definition) is 3. The third-order valence-corrected chi connectivity index (χ3v) is 4.08. The lowest BCUT2D eigenvalue weighted by Gasteiger charge is -2.11. The van der Waals surface area contributed by atoms with Crippen LogP contribution in [-0.4, -0.2) is 18.3 Å². The van der Waals surface area contributed by atoms with Crippen molar-refractivity contribution in [2.75, 3.05) is 5.75 Å². The molecule has 2 rings (SSSR count). The number of para-hydroxylation sites is 1. The second-order valence-corrected chi connectivity index (χ2v) is 5.87. The van der Waals surface area contributed by atoms with E-state index < -0.39 is 6.61 Å². The Bertz CT molecular complexity index is 665. The van der Waals surface area contributed by atoms with Crippen LogP contribution in [0.15, 0.2) is 48.5 Å². The number of amides is 1. The summed E-state index contributed by atoms with van der Waals surface area (Å²) in [6, 6.07) is 12.4. The van der Waals surface area contributed by atoms with Crippen LogP contribution in [-0.2, 0) is 17.1 Å². The van der Waals surface area contributed by atoms with E-state index in [2.05, 4.69) is 10.1 Å². The smallest absolute Gasteiger partial charge is 0.387 e. The van der Waals surface area contributed by atoms with Gasteiger partial charge >= 0.3 is 6.61 Å². The van der Waals surface area contributed by atoms with Crippen LogP contribution in [0.2, 0.25) is 0 Å². The molecule has 2 aromatic rings. The minimum Gasteiger partial charge on any atom is -0.434 e. The Hall–Kier alpha value is -2.15. The van der Waals surface area contributed by atoms with Crippen molar-refractivity contribution in [2.24, 2.45) is 0 Å². The average Bonchev–Trinajstić information content (AvgIpc) is 2.55. The van der Waals surface area contributed by atoms with Gasteiger partial charge in [0.1, 0.15) is 11.6 Å². The second-order valence-electron chi connectivity index (χ2n) is 4.88. The highest BCUT2D eigenvalue weighted by molar-refractivity contribution is 7.99. The van der Waals surface area contributed by atoms with Gasteiger partial charge in [-0.1, -0.05) is 30.3 Å². The van der Waals surface area contributed by atoms with E-state index in [-0.39, 0.29) is 29.8 Å². The molecule has 0 atom stereocenters. The molecule has 7 heteroatoms. The predicted octanol–water partition coefficient (Wildman–Crippen LogP) is 3.98. The van der Waals surface area contributed by atoms with E-state index in [1.165, 1.54) is 30.0 Å². The predicted molar refractivity (Wildman–Crippen MR) is 87.5 cm³/mol. The number of thioether (sulfide) groups is 1. The van der Waals surface area contributed by atoms with E-state index in [0.717, 1.165) is 5.56 Å². The van der Waals surface area contributed by atoms with Gasteiger partial charge in [-0.2, -0.15) is 8.78 Å². The van der Waals surface area contributed by atoms with E-state index >= 15 is 0 Å². The van der Waals surface area contributed by atoms with Crippen molar-refractivity contribution < 1.29 is 22.7 Å². The van der Waals surface area contributed by atoms with Crippen LogP contribution in [0, 0.1) is 5.82 Å². The van der Waals surface area contributed by atoms with Gasteiger partial charge in [-0.25, -0.2) is 4.39 Å². The molecule has 0 spiro atoms. The highest BCUT2D eigenvalue weighted by Gasteiger charge is 2.10. The Morgan fingerprint density at radius 2 is 1.83 bits per heavy atom. The van der Waals surface area contributed by atoms with Crippen LogP contribution >= 0.6 is 11.8 Å². The molecule has 0 fully saturated rings. The van der Waals surface area contributed by atoms with Crippen molar-refractivity contribution in [2.45, 2.75) is 18.9 Å². The molecule has 0 aromatic heterocycles. The molecule has 2 aromatic carbocycles. The van der Waals surface area contributed by atoms with Gasteiger partial charge in [0.05, 0.1) is 5.75 Å². The maximum absolute atomic E-state index is 12.8. The van der Waals surface area contributed by atoms with Crippen molar-refractivity contribution in [3.8, 4) is 5.75 Å². The Kier molecular flexibility index (Phi) is 6.99. The summed E-state index contributed by atoms with van der Waals surface area (Å²) in [5, 5.41) is 2.66. The molecule has 0 saturated carbocycles. The molecule has 128 valence electrons. The van der Waals surface area contributed by atoms with Crippen LogP contribution in [0.1, 0.15) is 11.1 Å². The standard InChI is InChI=1S/C17H16F3NO2S/c18-14-7-5-12(6-8-14)10-24-11-16(22)21-9-13-3-1-2-4-15(13)23-17(19)20/h1-8,17H,9-11H2,(H,21,22). The van der Waals surface area contributed by atoms with Gasteiger partial charge in [0.25, 0.3) is 0 Å². The number of hydrogen-bond donors (Lipinski definition) is 1. The van der Waals surface area contributed by atoms with Crippen LogP contribution in [0.3, 0.4) is 0 Å². The summed E-state index contributed by atoms with van der Waals surface area (Å²) in [6.45, 7) is -2.80. The minimum absolute atomic E-state index is 0.0479. The lowest BCUT2D eigenvalue weighted by atomic mass is 10.2. The Morgan fingerprint density at radius 3 is 2.54 bits per heavy atom. The van der Waals surface area contributed by atoms with E-state index in [1.807, 2.05) is 0 Å². The summed E-state index contributed by atoms with van der Waals surface area (Å²) in [4.78, 5) is 11.8. The van der Waals surface area contributed by atoms with Gasteiger partial charge in [0.2, 0.25) is 5.91 Å². The summed E-state index contributed by atoms with van der Waals surface area (Å²) in [5.41, 5.74) is 1.40. The molecular weight excluding hydrogens is 339 g/mol. The van der Waals surface area contributed by atoms with Crippen molar-refractivity contribution in [1.82, 2.24) is 5.32 Å². The molecule has 0 aliphatic rings.